The third-order valence-corrected chi connectivity index (χ3v) is 0. The Morgan fingerprint density at radius 2 is 1.12 bits per heavy atom. The molecule has 0 aromatic carbocycles. The van der Waals surface area contributed by atoms with Gasteiger partial charge in [-0.05, 0) is 0 Å². The molecular weight excluding hydrogens is 201 g/mol. The molecule has 0 spiro atoms. The van der Waals surface area contributed by atoms with Gasteiger partial charge in [-0.25, -0.2) is 0 Å². The van der Waals surface area contributed by atoms with Crippen molar-refractivity contribution < 1.29 is 123 Å². The Bertz CT molecular complexity index is 104. The van der Waals surface area contributed by atoms with Gasteiger partial charge in [-0.15, -0.1) is 0 Å². The van der Waals surface area contributed by atoms with Gasteiger partial charge in [-0.2, -0.15) is 8.42 Å². The minimum Gasteiger partial charge on any atom is -1.00 e. The van der Waals surface area contributed by atoms with Gasteiger partial charge in [0.1, 0.15) is 0 Å². The maximum Gasteiger partial charge on any atom is 1.00 e. The van der Waals surface area contributed by atoms with E-state index < -0.39 is 10.4 Å². The van der Waals surface area contributed by atoms with E-state index in [1.54, 1.807) is 0 Å². The first-order valence-corrected chi connectivity index (χ1v) is 2.10. The second-order valence-corrected chi connectivity index (χ2v) is 1.34. The van der Waals surface area contributed by atoms with Crippen LogP contribution in [0.4, 0.5) is 0 Å². The van der Waals surface area contributed by atoms with Crippen LogP contribution in [0, 0.1) is 0 Å². The fraction of sp³-hybridized carbons (Fsp3) is 0. The van der Waals surface area contributed by atoms with E-state index in [-0.39, 0.29) is 123 Å². The largest absolute Gasteiger partial charge is 1.00 e. The summed E-state index contributed by atoms with van der Waals surface area (Å²) >= 11 is 0. The quantitative estimate of drug-likeness (QED) is 0.306. The summed E-state index contributed by atoms with van der Waals surface area (Å²) in [5.41, 5.74) is 0. The second kappa shape index (κ2) is 10.7. The smallest absolute Gasteiger partial charge is 1.00 e. The summed E-state index contributed by atoms with van der Waals surface area (Å²) in [6.07, 6.45) is 0. The normalized spacial score (nSPS) is 7.25. The molecule has 0 aliphatic rings. The van der Waals surface area contributed by atoms with E-state index in [4.69, 9.17) is 17.5 Å². The first-order valence-electron chi connectivity index (χ1n) is 0.698. The van der Waals surface area contributed by atoms with Gasteiger partial charge in [-0.1, -0.05) is 0 Å². The van der Waals surface area contributed by atoms with Crippen molar-refractivity contribution in [2.75, 3.05) is 0 Å². The van der Waals surface area contributed by atoms with Crippen LogP contribution in [-0.2, 0) is 10.4 Å². The summed E-state index contributed by atoms with van der Waals surface area (Å²) < 4.78 is 31.6. The minimum atomic E-state index is -4.67. The molecule has 0 aromatic rings. The van der Waals surface area contributed by atoms with Crippen molar-refractivity contribution in [3.8, 4) is 0 Å². The van der Waals surface area contributed by atoms with Crippen LogP contribution in [0.15, 0.2) is 0 Å². The molecule has 0 aliphatic heterocycles. The van der Waals surface area contributed by atoms with Crippen molar-refractivity contribution in [2.45, 2.75) is 0 Å². The fourth-order valence-electron chi connectivity index (χ4n) is 0. The summed E-state index contributed by atoms with van der Waals surface area (Å²) in [6.45, 7) is 0. The molecule has 0 bridgehead atoms. The monoisotopic (exact) mass is 208 g/mol. The van der Waals surface area contributed by atoms with Crippen LogP contribution in [0.1, 0.15) is 2.85 Å². The van der Waals surface area contributed by atoms with E-state index in [0.717, 1.165) is 0 Å². The van der Waals surface area contributed by atoms with E-state index in [1.165, 1.54) is 0 Å². The molecule has 2 N–H and O–H groups in total. The minimum absolute atomic E-state index is 0. The van der Waals surface area contributed by atoms with Crippen molar-refractivity contribution in [2.24, 2.45) is 0 Å². The molecule has 4 nitrogen and oxygen atoms in total. The summed E-state index contributed by atoms with van der Waals surface area (Å²) in [4.78, 5) is 0. The SMILES string of the molecule is O=S(=O)(O)O.[AlH3].[H-].[H-].[K+].[K+]. The maximum atomic E-state index is 8.74. The number of hydrogen-bond donors (Lipinski definition) is 2. The van der Waals surface area contributed by atoms with Gasteiger partial charge < -0.3 is 2.85 Å². The summed E-state index contributed by atoms with van der Waals surface area (Å²) in [6, 6.07) is 0. The van der Waals surface area contributed by atoms with E-state index in [1.807, 2.05) is 0 Å². The van der Waals surface area contributed by atoms with Crippen LogP contribution < -0.4 is 103 Å². The summed E-state index contributed by atoms with van der Waals surface area (Å²) in [7, 11) is -4.67. The van der Waals surface area contributed by atoms with E-state index >= 15 is 0 Å². The van der Waals surface area contributed by atoms with Crippen molar-refractivity contribution in [3.05, 3.63) is 0 Å². The van der Waals surface area contributed by atoms with Gasteiger partial charge in [0, 0.05) is 0 Å². The van der Waals surface area contributed by atoms with Crippen molar-refractivity contribution >= 4 is 27.8 Å². The van der Waals surface area contributed by atoms with Crippen LogP contribution >= 0.6 is 0 Å². The Balaban J connectivity index is -0.00000000800. The fourth-order valence-corrected chi connectivity index (χ4v) is 0. The first-order chi connectivity index (χ1) is 2.00. The van der Waals surface area contributed by atoms with Crippen LogP contribution in [0.3, 0.4) is 0 Å². The third kappa shape index (κ3) is 53.9. The van der Waals surface area contributed by atoms with Gasteiger partial charge in [0.05, 0.1) is 0 Å². The molecule has 0 saturated carbocycles. The molecule has 8 heavy (non-hydrogen) atoms. The maximum absolute atomic E-state index is 8.74. The van der Waals surface area contributed by atoms with Crippen LogP contribution in [0.5, 0.6) is 0 Å². The third-order valence-electron chi connectivity index (χ3n) is 0. The van der Waals surface area contributed by atoms with Gasteiger partial charge in [0.25, 0.3) is 0 Å². The summed E-state index contributed by atoms with van der Waals surface area (Å²) in [5.74, 6) is 0. The molecule has 0 atom stereocenters. The van der Waals surface area contributed by atoms with Crippen molar-refractivity contribution in [1.82, 2.24) is 0 Å². The zero-order valence-electron chi connectivity index (χ0n) is 6.12. The molecular formula is H7AlK2O4S. The van der Waals surface area contributed by atoms with Gasteiger partial charge >= 0.3 is 113 Å². The van der Waals surface area contributed by atoms with Gasteiger partial charge in [-0.3, -0.25) is 9.11 Å². The molecule has 42 valence electrons. The molecule has 0 radical (unpaired) electrons. The molecule has 0 aromatic heterocycles. The van der Waals surface area contributed by atoms with E-state index in [2.05, 4.69) is 0 Å². The molecule has 0 saturated heterocycles. The Morgan fingerprint density at radius 1 is 1.12 bits per heavy atom. The standard InChI is InChI=1S/Al.2K.H2O4S.5H/c;;;1-5(2,3)4;;;;;/h;;;(H2,1,2,3,4);;;;;/q;2*+1;;;;;2*-1. The van der Waals surface area contributed by atoms with Crippen molar-refractivity contribution in [1.29, 1.82) is 0 Å². The van der Waals surface area contributed by atoms with E-state index in [0.29, 0.717) is 0 Å². The Kier molecular flexibility index (Phi) is 30.1. The predicted molar refractivity (Wildman–Crippen MR) is 26.3 cm³/mol. The van der Waals surface area contributed by atoms with Gasteiger partial charge in [0.2, 0.25) is 0 Å². The zero-order valence-corrected chi connectivity index (χ0v) is 11.2. The van der Waals surface area contributed by atoms with Crippen LogP contribution in [0.2, 0.25) is 0 Å². The van der Waals surface area contributed by atoms with Crippen molar-refractivity contribution in [3.63, 3.8) is 0 Å². The first kappa shape index (κ1) is 22.6. The average molecular weight is 208 g/mol. The molecule has 0 heterocycles. The number of hydrogen-bond acceptors (Lipinski definition) is 2. The van der Waals surface area contributed by atoms with Crippen LogP contribution in [0.25, 0.3) is 0 Å². The second-order valence-electron chi connectivity index (χ2n) is 0.448. The molecule has 0 fully saturated rings. The molecule has 0 unspecified atom stereocenters. The van der Waals surface area contributed by atoms with Crippen LogP contribution in [-0.4, -0.2) is 34.9 Å². The van der Waals surface area contributed by atoms with Gasteiger partial charge in [0.15, 0.2) is 17.4 Å². The molecule has 0 amide bonds. The number of rotatable bonds is 0. The average Bonchev–Trinajstić information content (AvgIpc) is 0.722. The Morgan fingerprint density at radius 3 is 1.12 bits per heavy atom. The molecule has 8 heteroatoms. The predicted octanol–water partition coefficient (Wildman–Crippen LogP) is -7.60. The van der Waals surface area contributed by atoms with E-state index in [9.17, 15) is 0 Å². The molecule has 0 rings (SSSR count). The Labute approximate surface area is 147 Å². The summed E-state index contributed by atoms with van der Waals surface area (Å²) in [5, 5.41) is 0. The Hall–Kier alpha value is 3.68. The topological polar surface area (TPSA) is 74.6 Å². The molecule has 0 aliphatic carbocycles. The zero-order chi connectivity index (χ0) is 4.50.